The zero-order valence-corrected chi connectivity index (χ0v) is 24.9. The van der Waals surface area contributed by atoms with Gasteiger partial charge in [-0.25, -0.2) is 4.79 Å². The molecule has 3 amide bonds. The number of nitrogens with one attached hydrogen (secondary N) is 4. The average Bonchev–Trinajstić information content (AvgIpc) is 3.76. The SMILES string of the molecule is O=C(Nc1cccc(SC2CCCC2)c1)NC(c1ccc(C(=O)Nc2nn[nH]n2)cc1)c1ccc(C2CCCCC2)cc1. The molecule has 4 N–H and O–H groups in total. The third-order valence-corrected chi connectivity index (χ3v) is 9.73. The number of hydrogen-bond donors (Lipinski definition) is 4. The molecule has 3 aromatic carbocycles. The molecule has 10 heteroatoms. The van der Waals surface area contributed by atoms with Crippen LogP contribution in [0.1, 0.15) is 96.8 Å². The lowest BCUT2D eigenvalue weighted by Crippen LogP contribution is -2.33. The van der Waals surface area contributed by atoms with Crippen molar-refractivity contribution in [3.63, 3.8) is 0 Å². The summed E-state index contributed by atoms with van der Waals surface area (Å²) >= 11 is 1.90. The van der Waals surface area contributed by atoms with Crippen LogP contribution in [-0.2, 0) is 0 Å². The lowest BCUT2D eigenvalue weighted by molar-refractivity contribution is 0.102. The van der Waals surface area contributed by atoms with E-state index in [4.69, 9.17) is 0 Å². The molecule has 0 aliphatic heterocycles. The Morgan fingerprint density at radius 2 is 1.51 bits per heavy atom. The standard InChI is InChI=1S/C33H37N7O2S/c41-31(36-32-37-39-40-38-32)26-19-17-25(18-20-26)30(24-15-13-23(14-16-24)22-7-2-1-3-8-22)35-33(42)34-27-9-6-12-29(21-27)43-28-10-4-5-11-28/h6,9,12-22,28,30H,1-5,7-8,10-11H2,(H2,34,35,42)(H2,36,37,38,39,40,41). The summed E-state index contributed by atoms with van der Waals surface area (Å²) in [6.45, 7) is 0. The Morgan fingerprint density at radius 1 is 0.814 bits per heavy atom. The van der Waals surface area contributed by atoms with Crippen LogP contribution in [0.2, 0.25) is 0 Å². The highest BCUT2D eigenvalue weighted by Gasteiger charge is 2.21. The van der Waals surface area contributed by atoms with Gasteiger partial charge in [-0.1, -0.05) is 79.7 Å². The van der Waals surface area contributed by atoms with Crippen LogP contribution in [0.4, 0.5) is 16.4 Å². The summed E-state index contributed by atoms with van der Waals surface area (Å²) in [7, 11) is 0. The number of H-pyrrole nitrogens is 1. The van der Waals surface area contributed by atoms with Crippen LogP contribution in [0.3, 0.4) is 0 Å². The van der Waals surface area contributed by atoms with Crippen molar-refractivity contribution in [2.75, 3.05) is 10.6 Å². The zero-order chi connectivity index (χ0) is 29.4. The second-order valence-electron chi connectivity index (χ2n) is 11.4. The van der Waals surface area contributed by atoms with Crippen LogP contribution in [-0.4, -0.2) is 37.8 Å². The van der Waals surface area contributed by atoms with Crippen LogP contribution >= 0.6 is 11.8 Å². The number of aromatic amines is 1. The molecule has 6 rings (SSSR count). The molecule has 0 bridgehead atoms. The molecule has 43 heavy (non-hydrogen) atoms. The predicted octanol–water partition coefficient (Wildman–Crippen LogP) is 7.45. The summed E-state index contributed by atoms with van der Waals surface area (Å²) in [5, 5.41) is 22.8. The molecular weight excluding hydrogens is 558 g/mol. The van der Waals surface area contributed by atoms with Gasteiger partial charge < -0.3 is 10.6 Å². The second kappa shape index (κ2) is 13.9. The van der Waals surface area contributed by atoms with Crippen molar-refractivity contribution in [3.8, 4) is 0 Å². The summed E-state index contributed by atoms with van der Waals surface area (Å²) in [6, 6.07) is 23.2. The minimum Gasteiger partial charge on any atom is -0.327 e. The van der Waals surface area contributed by atoms with E-state index in [2.05, 4.69) is 66.9 Å². The van der Waals surface area contributed by atoms with Crippen molar-refractivity contribution in [2.24, 2.45) is 0 Å². The molecule has 2 aliphatic rings. The van der Waals surface area contributed by atoms with E-state index < -0.39 is 6.04 Å². The number of aromatic nitrogens is 4. The molecule has 2 aliphatic carbocycles. The maximum Gasteiger partial charge on any atom is 0.319 e. The second-order valence-corrected chi connectivity index (χ2v) is 12.8. The Balaban J connectivity index is 1.19. The molecule has 1 aromatic heterocycles. The summed E-state index contributed by atoms with van der Waals surface area (Å²) < 4.78 is 0. The lowest BCUT2D eigenvalue weighted by Gasteiger charge is -2.24. The number of rotatable bonds is 9. The van der Waals surface area contributed by atoms with Gasteiger partial charge in [-0.05, 0) is 83.8 Å². The largest absolute Gasteiger partial charge is 0.327 e. The zero-order valence-electron chi connectivity index (χ0n) is 24.1. The van der Waals surface area contributed by atoms with Crippen molar-refractivity contribution in [3.05, 3.63) is 95.1 Å². The quantitative estimate of drug-likeness (QED) is 0.159. The van der Waals surface area contributed by atoms with Crippen LogP contribution in [0.25, 0.3) is 0 Å². The van der Waals surface area contributed by atoms with Crippen molar-refractivity contribution >= 4 is 35.3 Å². The predicted molar refractivity (Wildman–Crippen MR) is 169 cm³/mol. The number of anilines is 2. The van der Waals surface area contributed by atoms with Gasteiger partial charge in [0, 0.05) is 21.4 Å². The van der Waals surface area contributed by atoms with Crippen molar-refractivity contribution < 1.29 is 9.59 Å². The normalized spacial score (nSPS) is 16.5. The number of hydrogen-bond acceptors (Lipinski definition) is 6. The van der Waals surface area contributed by atoms with Gasteiger partial charge in [0.1, 0.15) is 0 Å². The molecule has 2 fully saturated rings. The summed E-state index contributed by atoms with van der Waals surface area (Å²) in [6.07, 6.45) is 11.4. The number of urea groups is 1. The number of amides is 3. The van der Waals surface area contributed by atoms with Gasteiger partial charge >= 0.3 is 6.03 Å². The van der Waals surface area contributed by atoms with E-state index in [-0.39, 0.29) is 17.9 Å². The fraction of sp³-hybridized carbons (Fsp3) is 0.364. The smallest absolute Gasteiger partial charge is 0.319 e. The monoisotopic (exact) mass is 595 g/mol. The molecule has 1 unspecified atom stereocenters. The number of benzene rings is 3. The molecule has 222 valence electrons. The summed E-state index contributed by atoms with van der Waals surface area (Å²) in [5.74, 6) is 0.361. The van der Waals surface area contributed by atoms with E-state index in [1.165, 1.54) is 68.2 Å². The Kier molecular flexibility index (Phi) is 9.32. The van der Waals surface area contributed by atoms with E-state index in [1.807, 2.05) is 42.1 Å². The first-order valence-electron chi connectivity index (χ1n) is 15.2. The van der Waals surface area contributed by atoms with Gasteiger partial charge in [-0.15, -0.1) is 16.9 Å². The van der Waals surface area contributed by atoms with Crippen molar-refractivity contribution in [1.82, 2.24) is 25.9 Å². The van der Waals surface area contributed by atoms with E-state index in [0.717, 1.165) is 16.8 Å². The Hall–Kier alpha value is -4.18. The summed E-state index contributed by atoms with van der Waals surface area (Å²) in [5.41, 5.74) is 4.41. The third kappa shape index (κ3) is 7.62. The molecule has 2 saturated carbocycles. The maximum atomic E-state index is 13.4. The average molecular weight is 596 g/mol. The third-order valence-electron chi connectivity index (χ3n) is 8.40. The molecule has 1 heterocycles. The van der Waals surface area contributed by atoms with Gasteiger partial charge in [0.25, 0.3) is 11.9 Å². The van der Waals surface area contributed by atoms with Crippen LogP contribution in [0, 0.1) is 0 Å². The van der Waals surface area contributed by atoms with Crippen molar-refractivity contribution in [1.29, 1.82) is 0 Å². The molecule has 0 saturated heterocycles. The Labute approximate surface area is 256 Å². The number of carbonyl (C=O) groups is 2. The van der Waals surface area contributed by atoms with E-state index in [1.54, 1.807) is 12.1 Å². The molecule has 4 aromatic rings. The molecule has 0 radical (unpaired) electrons. The Morgan fingerprint density at radius 3 is 2.21 bits per heavy atom. The van der Waals surface area contributed by atoms with Crippen LogP contribution in [0.15, 0.2) is 77.7 Å². The van der Waals surface area contributed by atoms with Crippen LogP contribution in [0.5, 0.6) is 0 Å². The number of thioether (sulfide) groups is 1. The molecule has 1 atom stereocenters. The number of tetrazole rings is 1. The van der Waals surface area contributed by atoms with Crippen molar-refractivity contribution in [2.45, 2.75) is 79.9 Å². The van der Waals surface area contributed by atoms with Gasteiger partial charge in [0.15, 0.2) is 0 Å². The molecular formula is C33H37N7O2S. The highest BCUT2D eigenvalue weighted by molar-refractivity contribution is 8.00. The fourth-order valence-corrected chi connectivity index (χ4v) is 7.42. The van der Waals surface area contributed by atoms with Gasteiger partial charge in [-0.2, -0.15) is 5.21 Å². The van der Waals surface area contributed by atoms with Gasteiger partial charge in [0.05, 0.1) is 6.04 Å². The first kappa shape index (κ1) is 28.9. The van der Waals surface area contributed by atoms with Crippen LogP contribution < -0.4 is 16.0 Å². The molecule has 0 spiro atoms. The van der Waals surface area contributed by atoms with E-state index in [0.29, 0.717) is 16.7 Å². The lowest BCUT2D eigenvalue weighted by atomic mass is 9.83. The van der Waals surface area contributed by atoms with Gasteiger partial charge in [-0.3, -0.25) is 10.1 Å². The maximum absolute atomic E-state index is 13.4. The summed E-state index contributed by atoms with van der Waals surface area (Å²) in [4.78, 5) is 27.2. The van der Waals surface area contributed by atoms with E-state index >= 15 is 0 Å². The first-order valence-corrected chi connectivity index (χ1v) is 16.1. The minimum absolute atomic E-state index is 0.106. The van der Waals surface area contributed by atoms with Gasteiger partial charge in [0.2, 0.25) is 0 Å². The highest BCUT2D eigenvalue weighted by Crippen LogP contribution is 2.36. The van der Waals surface area contributed by atoms with E-state index in [9.17, 15) is 9.59 Å². The Bertz CT molecular complexity index is 1500. The first-order chi connectivity index (χ1) is 21.1. The number of nitrogens with zero attached hydrogens (tertiary/aromatic N) is 3. The molecule has 9 nitrogen and oxygen atoms in total. The number of carbonyl (C=O) groups excluding carboxylic acids is 2. The minimum atomic E-state index is -0.411. The highest BCUT2D eigenvalue weighted by atomic mass is 32.2. The fourth-order valence-electron chi connectivity index (χ4n) is 6.12. The topological polar surface area (TPSA) is 125 Å².